The quantitative estimate of drug-likeness (QED) is 0.792. The number of aromatic nitrogens is 2. The highest BCUT2D eigenvalue weighted by Crippen LogP contribution is 2.18. The van der Waals surface area contributed by atoms with Crippen molar-refractivity contribution in [2.24, 2.45) is 24.6 Å². The summed E-state index contributed by atoms with van der Waals surface area (Å²) in [6, 6.07) is 2.30. The van der Waals surface area contributed by atoms with Crippen molar-refractivity contribution >= 4 is 0 Å². The zero-order valence-corrected chi connectivity index (χ0v) is 9.57. The topological polar surface area (TPSA) is 43.8 Å². The molecule has 2 atom stereocenters. The minimum Gasteiger partial charge on any atom is -0.328 e. The van der Waals surface area contributed by atoms with Crippen LogP contribution in [-0.4, -0.2) is 15.8 Å². The molecule has 80 valence electrons. The van der Waals surface area contributed by atoms with E-state index >= 15 is 0 Å². The van der Waals surface area contributed by atoms with Crippen LogP contribution in [0, 0.1) is 11.8 Å². The number of nitrogens with zero attached hydrogens (tertiary/aromatic N) is 2. The highest BCUT2D eigenvalue weighted by atomic mass is 15.2. The first-order valence-electron chi connectivity index (χ1n) is 5.24. The van der Waals surface area contributed by atoms with E-state index in [9.17, 15) is 0 Å². The molecule has 0 aliphatic carbocycles. The van der Waals surface area contributed by atoms with Gasteiger partial charge in [-0.1, -0.05) is 13.8 Å². The Morgan fingerprint density at radius 2 is 2.07 bits per heavy atom. The fraction of sp³-hybridized carbons (Fsp3) is 0.727. The van der Waals surface area contributed by atoms with Crippen LogP contribution in [-0.2, 0) is 13.5 Å². The van der Waals surface area contributed by atoms with Crippen molar-refractivity contribution in [1.82, 2.24) is 9.78 Å². The summed E-state index contributed by atoms with van der Waals surface area (Å²) in [5.41, 5.74) is 7.10. The van der Waals surface area contributed by atoms with Crippen molar-refractivity contribution in [3.05, 3.63) is 18.0 Å². The van der Waals surface area contributed by atoms with Gasteiger partial charge in [0.2, 0.25) is 0 Å². The second-order valence-corrected chi connectivity index (χ2v) is 4.45. The second kappa shape index (κ2) is 4.60. The molecule has 0 aliphatic rings. The average Bonchev–Trinajstić information content (AvgIpc) is 2.46. The van der Waals surface area contributed by atoms with E-state index in [1.54, 1.807) is 0 Å². The molecule has 0 fully saturated rings. The molecule has 1 aromatic heterocycles. The van der Waals surface area contributed by atoms with E-state index in [2.05, 4.69) is 31.9 Å². The van der Waals surface area contributed by atoms with Crippen LogP contribution in [0.4, 0.5) is 0 Å². The first kappa shape index (κ1) is 11.2. The average molecular weight is 195 g/mol. The van der Waals surface area contributed by atoms with Gasteiger partial charge >= 0.3 is 0 Å². The Hall–Kier alpha value is -0.830. The van der Waals surface area contributed by atoms with Gasteiger partial charge in [0.25, 0.3) is 0 Å². The summed E-state index contributed by atoms with van der Waals surface area (Å²) in [5.74, 6) is 1.13. The van der Waals surface area contributed by atoms with Gasteiger partial charge in [0.15, 0.2) is 0 Å². The predicted octanol–water partition coefficient (Wildman–Crippen LogP) is 1.58. The van der Waals surface area contributed by atoms with Gasteiger partial charge in [-0.05, 0) is 31.2 Å². The summed E-state index contributed by atoms with van der Waals surface area (Å²) >= 11 is 0. The van der Waals surface area contributed by atoms with E-state index in [0.717, 1.165) is 12.1 Å². The standard InChI is InChI=1S/C11H21N3/c1-8(2)11(9(3)12)7-10-5-6-14(4)13-10/h5-6,8-9,11H,7,12H2,1-4H3. The summed E-state index contributed by atoms with van der Waals surface area (Å²) in [4.78, 5) is 0. The summed E-state index contributed by atoms with van der Waals surface area (Å²) in [6.07, 6.45) is 2.96. The molecule has 2 unspecified atom stereocenters. The van der Waals surface area contributed by atoms with E-state index in [-0.39, 0.29) is 6.04 Å². The summed E-state index contributed by atoms with van der Waals surface area (Å²) in [7, 11) is 1.94. The Morgan fingerprint density at radius 1 is 1.43 bits per heavy atom. The van der Waals surface area contributed by atoms with Gasteiger partial charge in [-0.15, -0.1) is 0 Å². The molecule has 0 aliphatic heterocycles. The van der Waals surface area contributed by atoms with Gasteiger partial charge in [0.1, 0.15) is 0 Å². The third-order valence-electron chi connectivity index (χ3n) is 2.75. The highest BCUT2D eigenvalue weighted by molar-refractivity contribution is 5.01. The van der Waals surface area contributed by atoms with E-state index in [0.29, 0.717) is 11.8 Å². The van der Waals surface area contributed by atoms with E-state index < -0.39 is 0 Å². The largest absolute Gasteiger partial charge is 0.328 e. The molecule has 3 nitrogen and oxygen atoms in total. The van der Waals surface area contributed by atoms with Gasteiger partial charge in [0.05, 0.1) is 5.69 Å². The lowest BCUT2D eigenvalue weighted by molar-refractivity contribution is 0.326. The molecule has 2 N–H and O–H groups in total. The lowest BCUT2D eigenvalue weighted by Crippen LogP contribution is -2.32. The lowest BCUT2D eigenvalue weighted by Gasteiger charge is -2.23. The Morgan fingerprint density at radius 3 is 2.43 bits per heavy atom. The van der Waals surface area contributed by atoms with Crippen LogP contribution in [0.25, 0.3) is 0 Å². The molecule has 1 aromatic rings. The van der Waals surface area contributed by atoms with Gasteiger partial charge in [-0.3, -0.25) is 4.68 Å². The minimum atomic E-state index is 0.233. The first-order valence-corrected chi connectivity index (χ1v) is 5.24. The van der Waals surface area contributed by atoms with Crippen LogP contribution in [0.3, 0.4) is 0 Å². The second-order valence-electron chi connectivity index (χ2n) is 4.45. The monoisotopic (exact) mass is 195 g/mol. The zero-order chi connectivity index (χ0) is 10.7. The molecule has 0 saturated heterocycles. The van der Waals surface area contributed by atoms with Crippen molar-refractivity contribution < 1.29 is 0 Å². The lowest BCUT2D eigenvalue weighted by atomic mass is 9.86. The number of hydrogen-bond donors (Lipinski definition) is 1. The van der Waals surface area contributed by atoms with Crippen molar-refractivity contribution in [1.29, 1.82) is 0 Å². The molecule has 0 spiro atoms. The van der Waals surface area contributed by atoms with Crippen molar-refractivity contribution in [3.63, 3.8) is 0 Å². The molecule has 0 radical (unpaired) electrons. The van der Waals surface area contributed by atoms with Crippen LogP contribution in [0.15, 0.2) is 12.3 Å². The predicted molar refractivity (Wildman–Crippen MR) is 58.9 cm³/mol. The van der Waals surface area contributed by atoms with E-state index in [1.165, 1.54) is 0 Å². The van der Waals surface area contributed by atoms with Crippen molar-refractivity contribution in [2.75, 3.05) is 0 Å². The summed E-state index contributed by atoms with van der Waals surface area (Å²) in [6.45, 7) is 6.52. The van der Waals surface area contributed by atoms with Gasteiger partial charge in [-0.2, -0.15) is 5.10 Å². The van der Waals surface area contributed by atoms with E-state index in [1.807, 2.05) is 17.9 Å². The fourth-order valence-electron chi connectivity index (χ4n) is 1.84. The van der Waals surface area contributed by atoms with E-state index in [4.69, 9.17) is 5.73 Å². The Bertz CT molecular complexity index is 268. The van der Waals surface area contributed by atoms with Gasteiger partial charge in [-0.25, -0.2) is 0 Å². The summed E-state index contributed by atoms with van der Waals surface area (Å²) in [5, 5.41) is 4.38. The number of nitrogens with two attached hydrogens (primary N) is 1. The maximum Gasteiger partial charge on any atom is 0.0627 e. The number of aryl methyl sites for hydroxylation is 1. The highest BCUT2D eigenvalue weighted by Gasteiger charge is 2.19. The molecule has 0 aromatic carbocycles. The van der Waals surface area contributed by atoms with Crippen LogP contribution in [0.5, 0.6) is 0 Å². The van der Waals surface area contributed by atoms with Crippen LogP contribution >= 0.6 is 0 Å². The number of rotatable bonds is 4. The molecular formula is C11H21N3. The minimum absolute atomic E-state index is 0.233. The molecule has 1 rings (SSSR count). The first-order chi connectivity index (χ1) is 6.50. The normalized spacial score (nSPS) is 15.9. The zero-order valence-electron chi connectivity index (χ0n) is 9.57. The van der Waals surface area contributed by atoms with Gasteiger partial charge in [0, 0.05) is 19.3 Å². The van der Waals surface area contributed by atoms with Crippen LogP contribution in [0.2, 0.25) is 0 Å². The maximum absolute atomic E-state index is 5.96. The molecule has 3 heteroatoms. The van der Waals surface area contributed by atoms with Gasteiger partial charge < -0.3 is 5.73 Å². The van der Waals surface area contributed by atoms with Crippen molar-refractivity contribution in [2.45, 2.75) is 33.2 Å². The van der Waals surface area contributed by atoms with Crippen LogP contribution in [0.1, 0.15) is 26.5 Å². The molecule has 0 saturated carbocycles. The smallest absolute Gasteiger partial charge is 0.0627 e. The SMILES string of the molecule is CC(C)C(Cc1ccn(C)n1)C(C)N. The maximum atomic E-state index is 5.96. The third-order valence-corrected chi connectivity index (χ3v) is 2.75. The molecule has 0 bridgehead atoms. The van der Waals surface area contributed by atoms with Crippen LogP contribution < -0.4 is 5.73 Å². The number of hydrogen-bond acceptors (Lipinski definition) is 2. The Balaban J connectivity index is 2.64. The Labute approximate surface area is 86.3 Å². The molecule has 14 heavy (non-hydrogen) atoms. The summed E-state index contributed by atoms with van der Waals surface area (Å²) < 4.78 is 1.84. The molecule has 0 amide bonds. The third kappa shape index (κ3) is 2.84. The molecular weight excluding hydrogens is 174 g/mol. The molecule has 1 heterocycles. The van der Waals surface area contributed by atoms with Crippen molar-refractivity contribution in [3.8, 4) is 0 Å². The fourth-order valence-corrected chi connectivity index (χ4v) is 1.84. The Kier molecular flexibility index (Phi) is 3.69.